The highest BCUT2D eigenvalue weighted by Gasteiger charge is 2.20. The lowest BCUT2D eigenvalue weighted by atomic mass is 10.0. The minimum Gasteiger partial charge on any atom is -0.395 e. The molecule has 0 aliphatic rings. The predicted molar refractivity (Wildman–Crippen MR) is 103 cm³/mol. The van der Waals surface area contributed by atoms with Gasteiger partial charge in [-0.1, -0.05) is 78.9 Å². The lowest BCUT2D eigenvalue weighted by Crippen LogP contribution is -2.39. The SMILES string of the molecule is OCC(Cc1ccccc1F)N(Cc1ccccc1)Cc1ccccc1. The molecular formula is C23H24FNO. The molecule has 0 saturated heterocycles. The molecule has 0 amide bonds. The van der Waals surface area contributed by atoms with Crippen LogP contribution in [0.3, 0.4) is 0 Å². The quantitative estimate of drug-likeness (QED) is 0.650. The molecule has 0 saturated carbocycles. The van der Waals surface area contributed by atoms with Crippen LogP contribution in [0.1, 0.15) is 16.7 Å². The lowest BCUT2D eigenvalue weighted by molar-refractivity contribution is 0.109. The van der Waals surface area contributed by atoms with Crippen LogP contribution in [0.4, 0.5) is 4.39 Å². The van der Waals surface area contributed by atoms with Crippen molar-refractivity contribution in [2.24, 2.45) is 0 Å². The van der Waals surface area contributed by atoms with Crippen molar-refractivity contribution in [3.05, 3.63) is 107 Å². The summed E-state index contributed by atoms with van der Waals surface area (Å²) in [6.07, 6.45) is 0.475. The first-order valence-electron chi connectivity index (χ1n) is 8.92. The first-order valence-corrected chi connectivity index (χ1v) is 8.92. The van der Waals surface area contributed by atoms with Crippen molar-refractivity contribution >= 4 is 0 Å². The Morgan fingerprint density at radius 2 is 1.23 bits per heavy atom. The van der Waals surface area contributed by atoms with Crippen LogP contribution in [0.25, 0.3) is 0 Å². The Labute approximate surface area is 154 Å². The largest absolute Gasteiger partial charge is 0.395 e. The van der Waals surface area contributed by atoms with Gasteiger partial charge in [-0.25, -0.2) is 4.39 Å². The standard InChI is InChI=1S/C23H24FNO/c24-23-14-8-7-13-21(23)15-22(18-26)25(16-19-9-3-1-4-10-19)17-20-11-5-2-6-12-20/h1-14,22,26H,15-18H2. The number of rotatable bonds is 8. The topological polar surface area (TPSA) is 23.5 Å². The summed E-state index contributed by atoms with van der Waals surface area (Å²) in [7, 11) is 0. The number of aliphatic hydroxyl groups excluding tert-OH is 1. The molecule has 3 aromatic carbocycles. The monoisotopic (exact) mass is 349 g/mol. The third-order valence-electron chi connectivity index (χ3n) is 4.60. The zero-order valence-electron chi connectivity index (χ0n) is 14.8. The molecule has 0 aliphatic heterocycles. The smallest absolute Gasteiger partial charge is 0.126 e. The number of hydrogen-bond acceptors (Lipinski definition) is 2. The fourth-order valence-corrected chi connectivity index (χ4v) is 3.18. The Morgan fingerprint density at radius 1 is 0.731 bits per heavy atom. The fourth-order valence-electron chi connectivity index (χ4n) is 3.18. The van der Waals surface area contributed by atoms with Gasteiger partial charge in [-0.15, -0.1) is 0 Å². The summed E-state index contributed by atoms with van der Waals surface area (Å²) in [5, 5.41) is 10.0. The third-order valence-corrected chi connectivity index (χ3v) is 4.60. The maximum absolute atomic E-state index is 14.1. The van der Waals surface area contributed by atoms with E-state index in [2.05, 4.69) is 29.2 Å². The van der Waals surface area contributed by atoms with Crippen molar-refractivity contribution in [1.29, 1.82) is 0 Å². The van der Waals surface area contributed by atoms with Crippen LogP contribution in [0.2, 0.25) is 0 Å². The Kier molecular flexibility index (Phi) is 6.53. The first kappa shape index (κ1) is 18.3. The zero-order chi connectivity index (χ0) is 18.2. The molecule has 0 bridgehead atoms. The van der Waals surface area contributed by atoms with Crippen LogP contribution < -0.4 is 0 Å². The molecule has 3 aromatic rings. The third kappa shape index (κ3) is 5.01. The van der Waals surface area contributed by atoms with E-state index in [4.69, 9.17) is 0 Å². The second kappa shape index (κ2) is 9.27. The average Bonchev–Trinajstić information content (AvgIpc) is 2.68. The maximum atomic E-state index is 14.1. The molecule has 26 heavy (non-hydrogen) atoms. The van der Waals surface area contributed by atoms with Crippen molar-refractivity contribution < 1.29 is 9.50 Å². The molecule has 0 radical (unpaired) electrons. The highest BCUT2D eigenvalue weighted by molar-refractivity contribution is 5.20. The maximum Gasteiger partial charge on any atom is 0.126 e. The van der Waals surface area contributed by atoms with Gasteiger partial charge in [0.05, 0.1) is 6.61 Å². The molecule has 0 fully saturated rings. The highest BCUT2D eigenvalue weighted by atomic mass is 19.1. The van der Waals surface area contributed by atoms with Crippen molar-refractivity contribution in [2.45, 2.75) is 25.6 Å². The molecular weight excluding hydrogens is 325 g/mol. The minimum absolute atomic E-state index is 0.0198. The summed E-state index contributed by atoms with van der Waals surface area (Å²) in [5.41, 5.74) is 2.99. The van der Waals surface area contributed by atoms with Gasteiger partial charge in [-0.3, -0.25) is 4.90 Å². The van der Waals surface area contributed by atoms with Crippen molar-refractivity contribution in [2.75, 3.05) is 6.61 Å². The van der Waals surface area contributed by atoms with Crippen LogP contribution in [0, 0.1) is 5.82 Å². The van der Waals surface area contributed by atoms with Gasteiger partial charge < -0.3 is 5.11 Å². The second-order valence-corrected chi connectivity index (χ2v) is 6.51. The van der Waals surface area contributed by atoms with Crippen LogP contribution in [0.5, 0.6) is 0 Å². The Morgan fingerprint density at radius 3 is 1.73 bits per heavy atom. The first-order chi connectivity index (χ1) is 12.8. The van der Waals surface area contributed by atoms with E-state index < -0.39 is 0 Å². The normalized spacial score (nSPS) is 12.3. The molecule has 0 spiro atoms. The molecule has 134 valence electrons. The number of aliphatic hydroxyl groups is 1. The van der Waals surface area contributed by atoms with Crippen LogP contribution >= 0.6 is 0 Å². The van der Waals surface area contributed by atoms with Crippen LogP contribution in [0.15, 0.2) is 84.9 Å². The number of nitrogens with zero attached hydrogens (tertiary/aromatic N) is 1. The van der Waals surface area contributed by atoms with Gasteiger partial charge >= 0.3 is 0 Å². The fraction of sp³-hybridized carbons (Fsp3) is 0.217. The van der Waals surface area contributed by atoms with E-state index in [1.165, 1.54) is 17.2 Å². The van der Waals surface area contributed by atoms with Crippen LogP contribution in [-0.2, 0) is 19.5 Å². The zero-order valence-corrected chi connectivity index (χ0v) is 14.8. The molecule has 0 aliphatic carbocycles. The van der Waals surface area contributed by atoms with Crippen molar-refractivity contribution in [1.82, 2.24) is 4.90 Å². The lowest BCUT2D eigenvalue weighted by Gasteiger charge is -2.31. The van der Waals surface area contributed by atoms with Crippen molar-refractivity contribution in [3.8, 4) is 0 Å². The summed E-state index contributed by atoms with van der Waals surface area (Å²) < 4.78 is 14.1. The molecule has 3 rings (SSSR count). The van der Waals surface area contributed by atoms with Crippen LogP contribution in [-0.4, -0.2) is 22.7 Å². The van der Waals surface area contributed by atoms with Gasteiger partial charge in [0.1, 0.15) is 5.82 Å². The summed E-state index contributed by atoms with van der Waals surface area (Å²) in [6.45, 7) is 1.39. The molecule has 3 heteroatoms. The predicted octanol–water partition coefficient (Wildman–Crippen LogP) is 4.43. The highest BCUT2D eigenvalue weighted by Crippen LogP contribution is 2.18. The summed E-state index contributed by atoms with van der Waals surface area (Å²) in [6, 6.07) is 27.0. The number of halogens is 1. The van der Waals surface area contributed by atoms with E-state index in [0.717, 1.165) is 0 Å². The van der Waals surface area contributed by atoms with E-state index in [-0.39, 0.29) is 18.5 Å². The Hall–Kier alpha value is -2.49. The second-order valence-electron chi connectivity index (χ2n) is 6.51. The minimum atomic E-state index is -0.217. The van der Waals surface area contributed by atoms with E-state index in [9.17, 15) is 9.50 Å². The van der Waals surface area contributed by atoms with Gasteiger partial charge in [-0.2, -0.15) is 0 Å². The molecule has 0 heterocycles. The van der Waals surface area contributed by atoms with E-state index in [1.54, 1.807) is 12.1 Å². The Bertz CT molecular complexity index is 750. The Balaban J connectivity index is 1.83. The number of benzene rings is 3. The van der Waals surface area contributed by atoms with Crippen molar-refractivity contribution in [3.63, 3.8) is 0 Å². The number of hydrogen-bond donors (Lipinski definition) is 1. The van der Waals surface area contributed by atoms with E-state index in [0.29, 0.717) is 25.1 Å². The molecule has 2 nitrogen and oxygen atoms in total. The molecule has 1 N–H and O–H groups in total. The molecule has 0 aromatic heterocycles. The summed E-state index contributed by atoms with van der Waals surface area (Å²) in [5.74, 6) is -0.217. The van der Waals surface area contributed by atoms with Gasteiger partial charge in [0, 0.05) is 19.1 Å². The van der Waals surface area contributed by atoms with E-state index in [1.807, 2.05) is 42.5 Å². The average molecular weight is 349 g/mol. The summed E-state index contributed by atoms with van der Waals surface area (Å²) >= 11 is 0. The summed E-state index contributed by atoms with van der Waals surface area (Å²) in [4.78, 5) is 2.22. The van der Waals surface area contributed by atoms with Gasteiger partial charge in [0.25, 0.3) is 0 Å². The van der Waals surface area contributed by atoms with Gasteiger partial charge in [0.15, 0.2) is 0 Å². The van der Waals surface area contributed by atoms with Gasteiger partial charge in [-0.05, 0) is 29.2 Å². The molecule has 1 atom stereocenters. The van der Waals surface area contributed by atoms with E-state index >= 15 is 0 Å². The van der Waals surface area contributed by atoms with Gasteiger partial charge in [0.2, 0.25) is 0 Å². The molecule has 1 unspecified atom stereocenters.